The maximum Gasteiger partial charge on any atom is 0.306 e. The number of esters is 3. The Labute approximate surface area is 374 Å². The van der Waals surface area contributed by atoms with E-state index < -0.39 is 6.10 Å². The van der Waals surface area contributed by atoms with Crippen molar-refractivity contribution in [2.45, 2.75) is 304 Å². The van der Waals surface area contributed by atoms with Gasteiger partial charge in [0.2, 0.25) is 0 Å². The summed E-state index contributed by atoms with van der Waals surface area (Å²) >= 11 is 0. The highest BCUT2D eigenvalue weighted by Gasteiger charge is 2.19. The van der Waals surface area contributed by atoms with E-state index in [4.69, 9.17) is 14.2 Å². The van der Waals surface area contributed by atoms with Crippen LogP contribution in [0.5, 0.6) is 0 Å². The van der Waals surface area contributed by atoms with Gasteiger partial charge in [-0.25, -0.2) is 0 Å². The molecule has 6 nitrogen and oxygen atoms in total. The Balaban J connectivity index is 4.20. The van der Waals surface area contributed by atoms with E-state index in [2.05, 4.69) is 34.6 Å². The van der Waals surface area contributed by atoms with Crippen LogP contribution in [-0.2, 0) is 28.6 Å². The SMILES string of the molecule is CCCCCCCCCCCCCCC(=O)OC[C@H](COC(=O)CCCCCCCCC(C)C)OC(=O)CCCCCCCCCCCCCCCCCCCCC(C)C. The van der Waals surface area contributed by atoms with Gasteiger partial charge in [0.15, 0.2) is 6.10 Å². The predicted molar refractivity (Wildman–Crippen MR) is 256 cm³/mol. The van der Waals surface area contributed by atoms with E-state index >= 15 is 0 Å². The standard InChI is InChI=1S/C54H104O6/c1-6-7-8-9-10-11-12-22-25-28-34-39-44-52(55)58-47-51(48-59-53(56)45-40-35-31-30-33-38-43-50(4)5)60-54(57)46-41-36-29-26-23-20-18-16-14-13-15-17-19-21-24-27-32-37-42-49(2)3/h49-51H,6-48H2,1-5H3/t51-/m1/s1. The molecule has 60 heavy (non-hydrogen) atoms. The summed E-state index contributed by atoms with van der Waals surface area (Å²) < 4.78 is 16.8. The fourth-order valence-corrected chi connectivity index (χ4v) is 8.17. The van der Waals surface area contributed by atoms with Gasteiger partial charge in [-0.1, -0.05) is 259 Å². The topological polar surface area (TPSA) is 78.9 Å². The Bertz CT molecular complexity index is 916. The van der Waals surface area contributed by atoms with Gasteiger partial charge < -0.3 is 14.2 Å². The zero-order valence-electron chi connectivity index (χ0n) is 41.1. The molecule has 356 valence electrons. The first-order valence-electron chi connectivity index (χ1n) is 26.7. The molecule has 0 N–H and O–H groups in total. The molecule has 0 fully saturated rings. The molecule has 0 aliphatic rings. The summed E-state index contributed by atoms with van der Waals surface area (Å²) in [6.07, 6.45) is 48.2. The van der Waals surface area contributed by atoms with Crippen molar-refractivity contribution in [1.29, 1.82) is 0 Å². The molecule has 0 spiro atoms. The van der Waals surface area contributed by atoms with Gasteiger partial charge in [0, 0.05) is 19.3 Å². The molecule has 0 radical (unpaired) electrons. The molecule has 0 rings (SSSR count). The molecule has 0 aliphatic heterocycles. The first-order valence-corrected chi connectivity index (χ1v) is 26.7. The molecule has 0 saturated heterocycles. The average Bonchev–Trinajstić information content (AvgIpc) is 3.22. The van der Waals surface area contributed by atoms with E-state index in [0.717, 1.165) is 69.6 Å². The second-order valence-corrected chi connectivity index (χ2v) is 19.5. The van der Waals surface area contributed by atoms with Crippen LogP contribution < -0.4 is 0 Å². The highest BCUT2D eigenvalue weighted by atomic mass is 16.6. The zero-order chi connectivity index (χ0) is 44.0. The quantitative estimate of drug-likeness (QED) is 0.0345. The minimum atomic E-state index is -0.761. The summed E-state index contributed by atoms with van der Waals surface area (Å²) in [6.45, 7) is 11.3. The molecule has 0 saturated carbocycles. The van der Waals surface area contributed by atoms with Crippen LogP contribution in [-0.4, -0.2) is 37.2 Å². The summed E-state index contributed by atoms with van der Waals surface area (Å²) in [7, 11) is 0. The van der Waals surface area contributed by atoms with E-state index in [1.807, 2.05) is 0 Å². The number of carbonyl (C=O) groups is 3. The molecule has 0 bridgehead atoms. The normalized spacial score (nSPS) is 12.1. The smallest absolute Gasteiger partial charge is 0.306 e. The van der Waals surface area contributed by atoms with Crippen LogP contribution >= 0.6 is 0 Å². The third kappa shape index (κ3) is 47.5. The Morgan fingerprint density at radius 1 is 0.317 bits per heavy atom. The van der Waals surface area contributed by atoms with Crippen LogP contribution in [0.15, 0.2) is 0 Å². The predicted octanol–water partition coefficient (Wildman–Crippen LogP) is 17.3. The van der Waals surface area contributed by atoms with Crippen molar-refractivity contribution in [2.24, 2.45) is 11.8 Å². The Morgan fingerprint density at radius 2 is 0.550 bits per heavy atom. The van der Waals surface area contributed by atoms with E-state index in [9.17, 15) is 14.4 Å². The molecule has 0 amide bonds. The number of hydrogen-bond donors (Lipinski definition) is 0. The van der Waals surface area contributed by atoms with Crippen LogP contribution in [0.4, 0.5) is 0 Å². The summed E-state index contributed by atoms with van der Waals surface area (Å²) in [5.41, 5.74) is 0. The van der Waals surface area contributed by atoms with Crippen LogP contribution in [0.2, 0.25) is 0 Å². The Hall–Kier alpha value is -1.59. The molecule has 0 aromatic carbocycles. The van der Waals surface area contributed by atoms with Gasteiger partial charge in [-0.2, -0.15) is 0 Å². The maximum atomic E-state index is 12.8. The highest BCUT2D eigenvalue weighted by Crippen LogP contribution is 2.18. The van der Waals surface area contributed by atoms with E-state index in [-0.39, 0.29) is 31.1 Å². The lowest BCUT2D eigenvalue weighted by atomic mass is 10.0. The van der Waals surface area contributed by atoms with E-state index in [1.165, 1.54) is 186 Å². The summed E-state index contributed by atoms with van der Waals surface area (Å²) in [4.78, 5) is 37.9. The van der Waals surface area contributed by atoms with Gasteiger partial charge in [-0.3, -0.25) is 14.4 Å². The fourth-order valence-electron chi connectivity index (χ4n) is 8.17. The molecule has 0 heterocycles. The van der Waals surface area contributed by atoms with Crippen LogP contribution in [0.1, 0.15) is 298 Å². The highest BCUT2D eigenvalue weighted by molar-refractivity contribution is 5.71. The second kappa shape index (κ2) is 46.9. The minimum absolute atomic E-state index is 0.0642. The third-order valence-electron chi connectivity index (χ3n) is 12.2. The van der Waals surface area contributed by atoms with Crippen LogP contribution in [0.3, 0.4) is 0 Å². The van der Waals surface area contributed by atoms with E-state index in [0.29, 0.717) is 19.3 Å². The van der Waals surface area contributed by atoms with Crippen molar-refractivity contribution >= 4 is 17.9 Å². The number of unbranched alkanes of at least 4 members (excludes halogenated alkanes) is 33. The monoisotopic (exact) mass is 849 g/mol. The van der Waals surface area contributed by atoms with Gasteiger partial charge >= 0.3 is 17.9 Å². The number of hydrogen-bond acceptors (Lipinski definition) is 6. The Morgan fingerprint density at radius 3 is 0.817 bits per heavy atom. The molecule has 0 aromatic heterocycles. The number of ether oxygens (including phenoxy) is 3. The number of carbonyl (C=O) groups excluding carboxylic acids is 3. The summed E-state index contributed by atoms with van der Waals surface area (Å²) in [5.74, 6) is 0.770. The van der Waals surface area contributed by atoms with Gasteiger partial charge in [0.05, 0.1) is 0 Å². The van der Waals surface area contributed by atoms with Gasteiger partial charge in [0.25, 0.3) is 0 Å². The minimum Gasteiger partial charge on any atom is -0.462 e. The van der Waals surface area contributed by atoms with Crippen LogP contribution in [0.25, 0.3) is 0 Å². The fraction of sp³-hybridized carbons (Fsp3) is 0.944. The van der Waals surface area contributed by atoms with Crippen molar-refractivity contribution in [3.8, 4) is 0 Å². The molecular formula is C54H104O6. The summed E-state index contributed by atoms with van der Waals surface area (Å²) in [6, 6.07) is 0. The lowest BCUT2D eigenvalue weighted by molar-refractivity contribution is -0.167. The Kier molecular flexibility index (Phi) is 45.7. The summed E-state index contributed by atoms with van der Waals surface area (Å²) in [5, 5.41) is 0. The van der Waals surface area contributed by atoms with Gasteiger partial charge in [-0.15, -0.1) is 0 Å². The first kappa shape index (κ1) is 58.4. The van der Waals surface area contributed by atoms with Crippen molar-refractivity contribution < 1.29 is 28.6 Å². The van der Waals surface area contributed by atoms with Gasteiger partial charge in [-0.05, 0) is 31.1 Å². The molecule has 6 heteroatoms. The second-order valence-electron chi connectivity index (χ2n) is 19.5. The molecule has 0 aliphatic carbocycles. The lowest BCUT2D eigenvalue weighted by Crippen LogP contribution is -2.30. The molecule has 0 aromatic rings. The zero-order valence-corrected chi connectivity index (χ0v) is 41.1. The first-order chi connectivity index (χ1) is 29.2. The molecule has 1 atom stereocenters. The molecular weight excluding hydrogens is 745 g/mol. The average molecular weight is 849 g/mol. The third-order valence-corrected chi connectivity index (χ3v) is 12.2. The van der Waals surface area contributed by atoms with Crippen molar-refractivity contribution in [2.75, 3.05) is 13.2 Å². The molecule has 0 unspecified atom stereocenters. The van der Waals surface area contributed by atoms with E-state index in [1.54, 1.807) is 0 Å². The van der Waals surface area contributed by atoms with Crippen molar-refractivity contribution in [1.82, 2.24) is 0 Å². The number of rotatable bonds is 48. The van der Waals surface area contributed by atoms with Crippen molar-refractivity contribution in [3.05, 3.63) is 0 Å². The maximum absolute atomic E-state index is 12.8. The lowest BCUT2D eigenvalue weighted by Gasteiger charge is -2.18. The van der Waals surface area contributed by atoms with Gasteiger partial charge in [0.1, 0.15) is 13.2 Å². The van der Waals surface area contributed by atoms with Crippen molar-refractivity contribution in [3.63, 3.8) is 0 Å². The van der Waals surface area contributed by atoms with Crippen LogP contribution in [0, 0.1) is 11.8 Å². The largest absolute Gasteiger partial charge is 0.462 e.